The Hall–Kier alpha value is -2.96. The predicted octanol–water partition coefficient (Wildman–Crippen LogP) is 3.37. The van der Waals surface area contributed by atoms with Crippen molar-refractivity contribution in [2.75, 3.05) is 0 Å². The second kappa shape index (κ2) is 6.58. The lowest BCUT2D eigenvalue weighted by molar-refractivity contribution is 0.506. The van der Waals surface area contributed by atoms with Crippen LogP contribution in [-0.2, 0) is 13.1 Å². The fraction of sp³-hybridized carbons (Fsp3) is 0.429. The van der Waals surface area contributed by atoms with Crippen LogP contribution in [0.4, 0.5) is 0 Å². The van der Waals surface area contributed by atoms with Crippen LogP contribution < -0.4 is 5.69 Å². The van der Waals surface area contributed by atoms with Crippen LogP contribution in [0.2, 0.25) is 0 Å². The minimum Gasteiger partial charge on any atom is -0.325 e. The van der Waals surface area contributed by atoms with Crippen LogP contribution in [0.3, 0.4) is 0 Å². The molecule has 0 aromatic carbocycles. The molecular formula is C21H24N6O. The smallest absolute Gasteiger partial charge is 0.325 e. The van der Waals surface area contributed by atoms with Crippen molar-refractivity contribution in [3.63, 3.8) is 0 Å². The van der Waals surface area contributed by atoms with Crippen LogP contribution in [0, 0.1) is 5.92 Å². The van der Waals surface area contributed by atoms with E-state index in [1.807, 2.05) is 21.3 Å². The van der Waals surface area contributed by atoms with Gasteiger partial charge in [-0.1, -0.05) is 13.8 Å². The van der Waals surface area contributed by atoms with Gasteiger partial charge in [0.25, 0.3) is 0 Å². The summed E-state index contributed by atoms with van der Waals surface area (Å²) in [6, 6.07) is 6.25. The van der Waals surface area contributed by atoms with Gasteiger partial charge in [-0.05, 0) is 43.4 Å². The van der Waals surface area contributed by atoms with E-state index in [0.29, 0.717) is 18.5 Å². The number of nitrogens with zero attached hydrogens (tertiary/aromatic N) is 6. The van der Waals surface area contributed by atoms with Gasteiger partial charge in [-0.15, -0.1) is 0 Å². The molecule has 4 heterocycles. The molecule has 144 valence electrons. The van der Waals surface area contributed by atoms with Gasteiger partial charge >= 0.3 is 5.69 Å². The molecule has 0 spiro atoms. The molecule has 0 amide bonds. The number of hydrogen-bond acceptors (Lipinski definition) is 4. The topological polar surface area (TPSA) is 70.5 Å². The highest BCUT2D eigenvalue weighted by molar-refractivity contribution is 5.75. The van der Waals surface area contributed by atoms with Crippen LogP contribution in [-0.4, -0.2) is 28.7 Å². The van der Waals surface area contributed by atoms with Crippen molar-refractivity contribution in [2.45, 2.75) is 52.2 Å². The molecule has 7 nitrogen and oxygen atoms in total. The average molecular weight is 376 g/mol. The Morgan fingerprint density at radius 2 is 1.96 bits per heavy atom. The Balaban J connectivity index is 1.64. The normalized spacial score (nSPS) is 14.5. The maximum atomic E-state index is 13.2. The third kappa shape index (κ3) is 2.82. The van der Waals surface area contributed by atoms with Gasteiger partial charge in [-0.2, -0.15) is 0 Å². The minimum absolute atomic E-state index is 0.0286. The summed E-state index contributed by atoms with van der Waals surface area (Å²) in [7, 11) is 0. The number of imidazole rings is 2. The Morgan fingerprint density at radius 1 is 1.11 bits per heavy atom. The lowest BCUT2D eigenvalue weighted by atomic mass is 10.1. The third-order valence-corrected chi connectivity index (χ3v) is 5.51. The van der Waals surface area contributed by atoms with E-state index in [0.717, 1.165) is 53.8 Å². The van der Waals surface area contributed by atoms with Crippen molar-refractivity contribution >= 4 is 22.2 Å². The highest BCUT2D eigenvalue weighted by Crippen LogP contribution is 2.36. The van der Waals surface area contributed by atoms with Crippen LogP contribution in [0.15, 0.2) is 41.6 Å². The first-order chi connectivity index (χ1) is 13.6. The molecule has 0 N–H and O–H groups in total. The predicted molar refractivity (Wildman–Crippen MR) is 108 cm³/mol. The quantitative estimate of drug-likeness (QED) is 0.517. The van der Waals surface area contributed by atoms with Gasteiger partial charge < -0.3 is 4.57 Å². The summed E-state index contributed by atoms with van der Waals surface area (Å²) in [5.41, 5.74) is 3.62. The number of hydrogen-bond donors (Lipinski definition) is 0. The first-order valence-corrected chi connectivity index (χ1v) is 9.98. The van der Waals surface area contributed by atoms with E-state index in [-0.39, 0.29) is 5.69 Å². The summed E-state index contributed by atoms with van der Waals surface area (Å²) in [4.78, 5) is 26.7. The zero-order chi connectivity index (χ0) is 19.3. The lowest BCUT2D eigenvalue weighted by Gasteiger charge is -2.11. The highest BCUT2D eigenvalue weighted by atomic mass is 16.1. The Labute approximate surface area is 162 Å². The van der Waals surface area contributed by atoms with E-state index >= 15 is 0 Å². The molecule has 7 heteroatoms. The average Bonchev–Trinajstić information content (AvgIpc) is 3.40. The van der Waals surface area contributed by atoms with Gasteiger partial charge in [0.05, 0.1) is 29.3 Å². The molecule has 4 aromatic rings. The van der Waals surface area contributed by atoms with E-state index in [2.05, 4.69) is 34.4 Å². The number of aryl methyl sites for hydroxylation is 1. The van der Waals surface area contributed by atoms with Crippen molar-refractivity contribution in [3.05, 3.63) is 53.1 Å². The summed E-state index contributed by atoms with van der Waals surface area (Å²) in [5, 5.41) is 0. The van der Waals surface area contributed by atoms with Crippen LogP contribution >= 0.6 is 0 Å². The monoisotopic (exact) mass is 376 g/mol. The Kier molecular flexibility index (Phi) is 4.03. The van der Waals surface area contributed by atoms with Crippen molar-refractivity contribution in [1.29, 1.82) is 0 Å². The van der Waals surface area contributed by atoms with E-state index in [9.17, 15) is 4.79 Å². The molecule has 4 aromatic heterocycles. The number of fused-ring (bicyclic) bond motifs is 2. The fourth-order valence-electron chi connectivity index (χ4n) is 3.87. The van der Waals surface area contributed by atoms with Crippen LogP contribution in [0.1, 0.15) is 45.0 Å². The van der Waals surface area contributed by atoms with Gasteiger partial charge in [-0.25, -0.2) is 14.8 Å². The van der Waals surface area contributed by atoms with Gasteiger partial charge in [-0.3, -0.25) is 14.1 Å². The molecule has 1 fully saturated rings. The van der Waals surface area contributed by atoms with Crippen molar-refractivity contribution in [3.8, 4) is 0 Å². The SMILES string of the molecule is CC(C)CCn1c(Cn2c(=O)n(C3CC3)c3ccncc32)nc2ncccc21. The molecule has 0 bridgehead atoms. The maximum Gasteiger partial charge on any atom is 0.329 e. The molecule has 0 unspecified atom stereocenters. The van der Waals surface area contributed by atoms with Crippen molar-refractivity contribution in [1.82, 2.24) is 28.7 Å². The van der Waals surface area contributed by atoms with Gasteiger partial charge in [0.2, 0.25) is 0 Å². The number of rotatable bonds is 6. The molecule has 0 atom stereocenters. The lowest BCUT2D eigenvalue weighted by Crippen LogP contribution is -2.25. The summed E-state index contributed by atoms with van der Waals surface area (Å²) in [6.45, 7) is 5.73. The van der Waals surface area contributed by atoms with E-state index in [4.69, 9.17) is 4.98 Å². The molecule has 1 saturated carbocycles. The summed E-state index contributed by atoms with van der Waals surface area (Å²) in [6.07, 6.45) is 8.49. The molecule has 1 aliphatic rings. The minimum atomic E-state index is 0.0286. The summed E-state index contributed by atoms with van der Waals surface area (Å²) in [5.74, 6) is 1.46. The van der Waals surface area contributed by atoms with Gasteiger partial charge in [0.1, 0.15) is 5.82 Å². The van der Waals surface area contributed by atoms with E-state index < -0.39 is 0 Å². The number of pyridine rings is 2. The Bertz CT molecular complexity index is 1210. The first-order valence-electron chi connectivity index (χ1n) is 9.98. The maximum absolute atomic E-state index is 13.2. The zero-order valence-corrected chi connectivity index (χ0v) is 16.2. The third-order valence-electron chi connectivity index (χ3n) is 5.51. The van der Waals surface area contributed by atoms with Gasteiger partial charge in [0.15, 0.2) is 5.65 Å². The molecule has 0 aliphatic heterocycles. The standard InChI is InChI=1S/C21H24N6O/c1-14(2)8-11-25-17-4-3-9-23-20(17)24-19(25)13-26-18-12-22-10-7-16(18)27(21(26)28)15-5-6-15/h3-4,7,9-10,12,14-15H,5-6,8,11,13H2,1-2H3. The number of aromatic nitrogens is 6. The fourth-order valence-corrected chi connectivity index (χ4v) is 3.87. The Morgan fingerprint density at radius 3 is 2.75 bits per heavy atom. The van der Waals surface area contributed by atoms with Crippen molar-refractivity contribution in [2.24, 2.45) is 5.92 Å². The van der Waals surface area contributed by atoms with Crippen molar-refractivity contribution < 1.29 is 0 Å². The molecular weight excluding hydrogens is 352 g/mol. The molecule has 0 radical (unpaired) electrons. The van der Waals surface area contributed by atoms with E-state index in [1.54, 1.807) is 18.6 Å². The molecule has 0 saturated heterocycles. The zero-order valence-electron chi connectivity index (χ0n) is 16.2. The van der Waals surface area contributed by atoms with Gasteiger partial charge in [0, 0.05) is 25.0 Å². The second-order valence-corrected chi connectivity index (χ2v) is 8.04. The molecule has 5 rings (SSSR count). The molecule has 1 aliphatic carbocycles. The van der Waals surface area contributed by atoms with E-state index in [1.165, 1.54) is 0 Å². The summed E-state index contributed by atoms with van der Waals surface area (Å²) >= 11 is 0. The highest BCUT2D eigenvalue weighted by Gasteiger charge is 2.29. The second-order valence-electron chi connectivity index (χ2n) is 8.04. The van der Waals surface area contributed by atoms with Crippen LogP contribution in [0.5, 0.6) is 0 Å². The largest absolute Gasteiger partial charge is 0.329 e. The summed E-state index contributed by atoms with van der Waals surface area (Å²) < 4.78 is 5.95. The molecule has 28 heavy (non-hydrogen) atoms. The van der Waals surface area contributed by atoms with Crippen LogP contribution in [0.25, 0.3) is 22.2 Å². The first kappa shape index (κ1) is 17.2.